The fourth-order valence-corrected chi connectivity index (χ4v) is 7.71. The van der Waals surface area contributed by atoms with Crippen molar-refractivity contribution in [1.29, 1.82) is 0 Å². The summed E-state index contributed by atoms with van der Waals surface area (Å²) in [6.45, 7) is 12.6. The van der Waals surface area contributed by atoms with Crippen molar-refractivity contribution in [2.24, 2.45) is 11.8 Å². The molecule has 0 N–H and O–H groups in total. The van der Waals surface area contributed by atoms with Gasteiger partial charge in [0.2, 0.25) is 0 Å². The van der Waals surface area contributed by atoms with E-state index in [1.54, 1.807) is 0 Å². The van der Waals surface area contributed by atoms with Crippen LogP contribution in [0.5, 0.6) is 11.5 Å². The predicted octanol–water partition coefficient (Wildman–Crippen LogP) is 12.8. The minimum atomic E-state index is -0.162. The highest BCUT2D eigenvalue weighted by atomic mass is 16.5. The lowest BCUT2D eigenvalue weighted by Gasteiger charge is -2.23. The Morgan fingerprint density at radius 2 is 0.860 bits per heavy atom. The molecule has 0 amide bonds. The molecule has 0 saturated carbocycles. The first-order valence-corrected chi connectivity index (χ1v) is 18.7. The van der Waals surface area contributed by atoms with E-state index < -0.39 is 0 Å². The average Bonchev–Trinajstić information content (AvgIpc) is 3.13. The first-order chi connectivity index (χ1) is 24.3. The summed E-state index contributed by atoms with van der Waals surface area (Å²) in [6.07, 6.45) is 7.22. The summed E-state index contributed by atoms with van der Waals surface area (Å²) in [4.78, 5) is 27.6. The first kappa shape index (κ1) is 35.1. The zero-order chi connectivity index (χ0) is 35.4. The van der Waals surface area contributed by atoms with Gasteiger partial charge in [-0.25, -0.2) is 0 Å². The van der Waals surface area contributed by atoms with E-state index in [1.807, 2.05) is 12.1 Å². The van der Waals surface area contributed by atoms with Crippen LogP contribution in [0.1, 0.15) is 90.2 Å². The Morgan fingerprint density at radius 1 is 0.500 bits per heavy atom. The van der Waals surface area contributed by atoms with Gasteiger partial charge in [-0.2, -0.15) is 0 Å². The molecule has 2 atom stereocenters. The van der Waals surface area contributed by atoms with Gasteiger partial charge in [-0.1, -0.05) is 138 Å². The summed E-state index contributed by atoms with van der Waals surface area (Å²) in [5.74, 6) is 0.646. The van der Waals surface area contributed by atoms with Crippen LogP contribution in [0.2, 0.25) is 0 Å². The molecular formula is C46H50O4. The lowest BCUT2D eigenvalue weighted by atomic mass is 9.84. The van der Waals surface area contributed by atoms with E-state index >= 15 is 0 Å². The minimum absolute atomic E-state index is 0.146. The van der Waals surface area contributed by atoms with Gasteiger partial charge >= 0.3 is 11.9 Å². The third-order valence-corrected chi connectivity index (χ3v) is 10.5. The summed E-state index contributed by atoms with van der Waals surface area (Å²) in [5, 5.41) is 7.78. The van der Waals surface area contributed by atoms with Crippen LogP contribution in [0.25, 0.3) is 54.2 Å². The second-order valence-corrected chi connectivity index (χ2v) is 13.8. The van der Waals surface area contributed by atoms with Gasteiger partial charge in [0.1, 0.15) is 11.5 Å². The van der Waals surface area contributed by atoms with Gasteiger partial charge in [0, 0.05) is 21.5 Å². The Hall–Kier alpha value is -4.70. The van der Waals surface area contributed by atoms with Crippen molar-refractivity contribution in [3.05, 3.63) is 96.1 Å². The van der Waals surface area contributed by atoms with Crippen LogP contribution in [0.15, 0.2) is 84.9 Å². The summed E-state index contributed by atoms with van der Waals surface area (Å²) in [7, 11) is 0. The van der Waals surface area contributed by atoms with Gasteiger partial charge in [-0.3, -0.25) is 9.59 Å². The van der Waals surface area contributed by atoms with E-state index in [1.165, 1.54) is 0 Å². The van der Waals surface area contributed by atoms with Gasteiger partial charge in [-0.05, 0) is 83.3 Å². The topological polar surface area (TPSA) is 52.6 Å². The molecule has 0 heterocycles. The number of fused-ring (bicyclic) bond motifs is 4. The lowest BCUT2D eigenvalue weighted by molar-refractivity contribution is -0.140. The van der Waals surface area contributed by atoms with Crippen molar-refractivity contribution in [3.63, 3.8) is 0 Å². The van der Waals surface area contributed by atoms with Gasteiger partial charge in [0.15, 0.2) is 0 Å². The summed E-state index contributed by atoms with van der Waals surface area (Å²) in [5.41, 5.74) is 4.26. The number of aryl methyl sites for hydroxylation is 2. The summed E-state index contributed by atoms with van der Waals surface area (Å²) >= 11 is 0. The lowest BCUT2D eigenvalue weighted by Crippen LogP contribution is -2.20. The number of esters is 2. The van der Waals surface area contributed by atoms with E-state index in [4.69, 9.17) is 9.47 Å². The molecular weight excluding hydrogens is 617 g/mol. The molecule has 6 aromatic carbocycles. The summed E-state index contributed by atoms with van der Waals surface area (Å²) in [6, 6.07) is 29.3. The minimum Gasteiger partial charge on any atom is -0.425 e. The monoisotopic (exact) mass is 666 g/mol. The van der Waals surface area contributed by atoms with Crippen LogP contribution in [-0.4, -0.2) is 11.9 Å². The maximum atomic E-state index is 13.8. The first-order valence-electron chi connectivity index (χ1n) is 18.7. The average molecular weight is 667 g/mol. The van der Waals surface area contributed by atoms with Crippen molar-refractivity contribution in [2.75, 3.05) is 0 Å². The van der Waals surface area contributed by atoms with Crippen LogP contribution in [0, 0.1) is 25.7 Å². The Bertz CT molecular complexity index is 2040. The van der Waals surface area contributed by atoms with Crippen molar-refractivity contribution >= 4 is 55.0 Å². The zero-order valence-corrected chi connectivity index (χ0v) is 30.5. The molecule has 0 aliphatic carbocycles. The number of benzene rings is 6. The molecule has 0 aromatic heterocycles. The predicted molar refractivity (Wildman–Crippen MR) is 209 cm³/mol. The van der Waals surface area contributed by atoms with Crippen molar-refractivity contribution in [2.45, 2.75) is 92.9 Å². The van der Waals surface area contributed by atoms with Crippen LogP contribution in [0.4, 0.5) is 0 Å². The number of carbonyl (C=O) groups is 2. The highest BCUT2D eigenvalue weighted by Crippen LogP contribution is 2.51. The molecule has 0 aliphatic heterocycles. The molecule has 6 aromatic rings. The van der Waals surface area contributed by atoms with E-state index in [-0.39, 0.29) is 23.8 Å². The highest BCUT2D eigenvalue weighted by molar-refractivity contribution is 6.27. The fraction of sp³-hybridized carbons (Fsp3) is 0.348. The number of carbonyl (C=O) groups excluding carboxylic acids is 2. The molecule has 0 fully saturated rings. The van der Waals surface area contributed by atoms with E-state index in [0.29, 0.717) is 11.5 Å². The van der Waals surface area contributed by atoms with E-state index in [2.05, 4.69) is 114 Å². The third kappa shape index (κ3) is 6.49. The second kappa shape index (κ2) is 15.5. The maximum Gasteiger partial charge on any atom is 0.314 e. The summed E-state index contributed by atoms with van der Waals surface area (Å²) < 4.78 is 13.0. The largest absolute Gasteiger partial charge is 0.425 e. The van der Waals surface area contributed by atoms with E-state index in [0.717, 1.165) is 117 Å². The van der Waals surface area contributed by atoms with Crippen molar-refractivity contribution in [3.8, 4) is 22.6 Å². The molecule has 0 bridgehead atoms. The zero-order valence-electron chi connectivity index (χ0n) is 30.5. The second-order valence-electron chi connectivity index (χ2n) is 13.8. The molecule has 0 radical (unpaired) electrons. The Kier molecular flexibility index (Phi) is 10.9. The molecule has 0 saturated heterocycles. The van der Waals surface area contributed by atoms with Gasteiger partial charge in [0.25, 0.3) is 0 Å². The number of unbranched alkanes of at least 4 members (excludes halogenated alkanes) is 2. The number of hydrogen-bond acceptors (Lipinski definition) is 4. The Labute approximate surface area is 296 Å². The Balaban J connectivity index is 1.67. The molecule has 4 nitrogen and oxygen atoms in total. The van der Waals surface area contributed by atoms with Crippen LogP contribution in [0.3, 0.4) is 0 Å². The SMILES string of the molecule is CCCCC(CC)C(=O)Oc1c2ccccc2c(-c2c3ccccc3c(OC(=O)C(CC)CCCC)c3c(C)cccc23)c2cccc(C)c12. The van der Waals surface area contributed by atoms with E-state index in [9.17, 15) is 9.59 Å². The normalized spacial score (nSPS) is 12.8. The fourth-order valence-electron chi connectivity index (χ4n) is 7.71. The molecule has 0 aliphatic rings. The molecule has 0 spiro atoms. The van der Waals surface area contributed by atoms with Crippen LogP contribution < -0.4 is 9.47 Å². The Morgan fingerprint density at radius 3 is 1.22 bits per heavy atom. The van der Waals surface area contributed by atoms with Gasteiger partial charge in [-0.15, -0.1) is 0 Å². The molecule has 4 heteroatoms. The van der Waals surface area contributed by atoms with Gasteiger partial charge in [0.05, 0.1) is 11.8 Å². The van der Waals surface area contributed by atoms with Crippen LogP contribution in [-0.2, 0) is 9.59 Å². The molecule has 50 heavy (non-hydrogen) atoms. The molecule has 6 rings (SSSR count). The third-order valence-electron chi connectivity index (χ3n) is 10.5. The number of ether oxygens (including phenoxy) is 2. The van der Waals surface area contributed by atoms with Gasteiger partial charge < -0.3 is 9.47 Å². The standard InChI is InChI=1S/C46H50O4/c1-7-11-21-31(9-3)45(47)49-43-35-25-15-13-23-33(35)41(37-27-17-19-29(5)39(37)43)42-34-24-14-16-26-36(34)44(40-30(6)20-18-28-38(40)42)50-46(48)32(10-4)22-12-8-2/h13-20,23-28,31-32H,7-12,21-22H2,1-6H3. The highest BCUT2D eigenvalue weighted by Gasteiger charge is 2.27. The number of rotatable bonds is 13. The van der Waals surface area contributed by atoms with Crippen LogP contribution >= 0.6 is 0 Å². The number of hydrogen-bond donors (Lipinski definition) is 0. The maximum absolute atomic E-state index is 13.8. The molecule has 2 unspecified atom stereocenters. The molecule has 258 valence electrons. The van der Waals surface area contributed by atoms with Crippen molar-refractivity contribution < 1.29 is 19.1 Å². The quantitative estimate of drug-likeness (QED) is 0.0699. The smallest absolute Gasteiger partial charge is 0.314 e. The van der Waals surface area contributed by atoms with Crippen molar-refractivity contribution in [1.82, 2.24) is 0 Å².